The fourth-order valence-corrected chi connectivity index (χ4v) is 2.21. The molecule has 0 unspecified atom stereocenters. The van der Waals surface area contributed by atoms with Crippen molar-refractivity contribution in [1.82, 2.24) is 9.88 Å². The number of halogens is 1. The summed E-state index contributed by atoms with van der Waals surface area (Å²) >= 11 is 3.32. The van der Waals surface area contributed by atoms with Gasteiger partial charge in [-0.25, -0.2) is 4.79 Å². The minimum Gasteiger partial charge on any atom is -0.451 e. The Bertz CT molecular complexity index is 731. The largest absolute Gasteiger partial charge is 0.451 e. The van der Waals surface area contributed by atoms with Gasteiger partial charge in [-0.05, 0) is 40.2 Å². The third-order valence-electron chi connectivity index (χ3n) is 3.10. The first-order valence-electron chi connectivity index (χ1n) is 7.06. The number of carbonyl (C=O) groups excluding carboxylic acids is 3. The van der Waals surface area contributed by atoms with Crippen LogP contribution in [0.25, 0.3) is 0 Å². The number of H-pyrrole nitrogens is 1. The van der Waals surface area contributed by atoms with Crippen LogP contribution in [-0.4, -0.2) is 47.9 Å². The fourth-order valence-electron chi connectivity index (χ4n) is 1.83. The second-order valence-corrected chi connectivity index (χ2v) is 5.79. The van der Waals surface area contributed by atoms with Crippen LogP contribution in [0.3, 0.4) is 0 Å². The molecular formula is C16H16BrN3O4. The van der Waals surface area contributed by atoms with Crippen LogP contribution in [0.1, 0.15) is 10.5 Å². The molecule has 0 saturated carbocycles. The van der Waals surface area contributed by atoms with Crippen LogP contribution in [0.15, 0.2) is 47.1 Å². The van der Waals surface area contributed by atoms with Crippen LogP contribution >= 0.6 is 15.9 Å². The Morgan fingerprint density at radius 2 is 1.96 bits per heavy atom. The van der Waals surface area contributed by atoms with Gasteiger partial charge in [0.1, 0.15) is 5.69 Å². The number of ether oxygens (including phenoxy) is 1. The Labute approximate surface area is 147 Å². The van der Waals surface area contributed by atoms with Gasteiger partial charge in [-0.15, -0.1) is 0 Å². The van der Waals surface area contributed by atoms with E-state index in [1.54, 1.807) is 36.5 Å². The first-order valence-corrected chi connectivity index (χ1v) is 7.85. The normalized spacial score (nSPS) is 10.1. The lowest BCUT2D eigenvalue weighted by Gasteiger charge is -2.17. The molecule has 2 N–H and O–H groups in total. The fraction of sp³-hybridized carbons (Fsp3) is 0.188. The maximum atomic E-state index is 12.0. The van der Waals surface area contributed by atoms with Crippen molar-refractivity contribution in [2.75, 3.05) is 25.5 Å². The van der Waals surface area contributed by atoms with Crippen molar-refractivity contribution >= 4 is 39.4 Å². The zero-order valence-electron chi connectivity index (χ0n) is 12.9. The van der Waals surface area contributed by atoms with Crippen LogP contribution in [0.4, 0.5) is 5.69 Å². The van der Waals surface area contributed by atoms with Crippen molar-refractivity contribution in [2.45, 2.75) is 0 Å². The number of amides is 2. The van der Waals surface area contributed by atoms with Gasteiger partial charge in [0.2, 0.25) is 5.91 Å². The van der Waals surface area contributed by atoms with E-state index in [0.29, 0.717) is 5.69 Å². The molecule has 2 aromatic rings. The number of nitrogens with zero attached hydrogens (tertiary/aromatic N) is 1. The lowest BCUT2D eigenvalue weighted by Crippen LogP contribution is -2.37. The second kappa shape index (κ2) is 8.30. The number of benzene rings is 1. The molecule has 0 radical (unpaired) electrons. The molecule has 0 aliphatic rings. The summed E-state index contributed by atoms with van der Waals surface area (Å²) in [5.74, 6) is -1.45. The quantitative estimate of drug-likeness (QED) is 0.734. The molecule has 0 aliphatic heterocycles. The standard InChI is InChI=1S/C16H16BrN3O4/c1-20(9-14(21)19-12-6-3-2-5-11(12)17)15(22)10-24-16(23)13-7-4-8-18-13/h2-8,18H,9-10H2,1H3,(H,19,21). The van der Waals surface area contributed by atoms with E-state index in [1.165, 1.54) is 11.9 Å². The van der Waals surface area contributed by atoms with Crippen molar-refractivity contribution in [2.24, 2.45) is 0 Å². The number of para-hydroxylation sites is 1. The Morgan fingerprint density at radius 1 is 1.21 bits per heavy atom. The molecule has 1 aromatic carbocycles. The van der Waals surface area contributed by atoms with Gasteiger partial charge in [0.05, 0.1) is 12.2 Å². The lowest BCUT2D eigenvalue weighted by molar-refractivity contribution is -0.136. The summed E-state index contributed by atoms with van der Waals surface area (Å²) in [5, 5.41) is 2.69. The predicted octanol–water partition coefficient (Wildman–Crippen LogP) is 2.03. The minimum absolute atomic E-state index is 0.153. The molecule has 1 aromatic heterocycles. The molecule has 24 heavy (non-hydrogen) atoms. The van der Waals surface area contributed by atoms with Gasteiger partial charge in [-0.2, -0.15) is 0 Å². The zero-order chi connectivity index (χ0) is 17.5. The highest BCUT2D eigenvalue weighted by Gasteiger charge is 2.16. The summed E-state index contributed by atoms with van der Waals surface area (Å²) in [4.78, 5) is 39.4. The van der Waals surface area contributed by atoms with Gasteiger partial charge in [0, 0.05) is 17.7 Å². The Morgan fingerprint density at radius 3 is 2.62 bits per heavy atom. The van der Waals surface area contributed by atoms with Crippen LogP contribution in [-0.2, 0) is 14.3 Å². The smallest absolute Gasteiger partial charge is 0.355 e. The number of nitrogens with one attached hydrogen (secondary N) is 2. The Balaban J connectivity index is 1.79. The number of aromatic amines is 1. The lowest BCUT2D eigenvalue weighted by atomic mass is 10.3. The minimum atomic E-state index is -0.626. The monoisotopic (exact) mass is 393 g/mol. The van der Waals surface area contributed by atoms with Crippen LogP contribution in [0.2, 0.25) is 0 Å². The third-order valence-corrected chi connectivity index (χ3v) is 3.79. The number of rotatable bonds is 6. The summed E-state index contributed by atoms with van der Waals surface area (Å²) in [6.07, 6.45) is 1.58. The molecule has 8 heteroatoms. The molecule has 0 atom stereocenters. The van der Waals surface area contributed by atoms with Crippen LogP contribution in [0.5, 0.6) is 0 Å². The van der Waals surface area contributed by atoms with Gasteiger partial charge in [0.15, 0.2) is 6.61 Å². The van der Waals surface area contributed by atoms with Gasteiger partial charge < -0.3 is 19.9 Å². The molecule has 2 rings (SSSR count). The molecule has 0 saturated heterocycles. The summed E-state index contributed by atoms with van der Waals surface area (Å²) in [6.45, 7) is -0.586. The molecule has 0 aliphatic carbocycles. The number of carbonyl (C=O) groups is 3. The van der Waals surface area contributed by atoms with Crippen molar-refractivity contribution < 1.29 is 19.1 Å². The Hall–Kier alpha value is -2.61. The van der Waals surface area contributed by atoms with E-state index < -0.39 is 18.5 Å². The van der Waals surface area contributed by atoms with Gasteiger partial charge in [0.25, 0.3) is 5.91 Å². The predicted molar refractivity (Wildman–Crippen MR) is 91.5 cm³/mol. The SMILES string of the molecule is CN(CC(=O)Nc1ccccc1Br)C(=O)COC(=O)c1ccc[nH]1. The molecule has 1 heterocycles. The first kappa shape index (κ1) is 17.7. The number of likely N-dealkylation sites (N-methyl/N-ethyl adjacent to an activating group) is 1. The second-order valence-electron chi connectivity index (χ2n) is 4.94. The molecule has 2 amide bonds. The number of hydrogen-bond acceptors (Lipinski definition) is 4. The van der Waals surface area contributed by atoms with Crippen LogP contribution in [0, 0.1) is 0 Å². The van der Waals surface area contributed by atoms with E-state index in [-0.39, 0.29) is 18.1 Å². The molecular weight excluding hydrogens is 378 g/mol. The topological polar surface area (TPSA) is 91.5 Å². The maximum absolute atomic E-state index is 12.0. The summed E-state index contributed by atoms with van der Waals surface area (Å²) in [7, 11) is 1.46. The van der Waals surface area contributed by atoms with Gasteiger partial charge in [-0.1, -0.05) is 12.1 Å². The van der Waals surface area contributed by atoms with Crippen molar-refractivity contribution in [3.8, 4) is 0 Å². The summed E-state index contributed by atoms with van der Waals surface area (Å²) < 4.78 is 5.63. The summed E-state index contributed by atoms with van der Waals surface area (Å²) in [6, 6.07) is 10.3. The first-order chi connectivity index (χ1) is 11.5. The number of hydrogen-bond donors (Lipinski definition) is 2. The van der Waals surface area contributed by atoms with E-state index in [4.69, 9.17) is 4.74 Å². The molecule has 7 nitrogen and oxygen atoms in total. The molecule has 0 fully saturated rings. The number of anilines is 1. The molecule has 0 bridgehead atoms. The maximum Gasteiger partial charge on any atom is 0.355 e. The average molecular weight is 394 g/mol. The van der Waals surface area contributed by atoms with Gasteiger partial charge in [-0.3, -0.25) is 9.59 Å². The average Bonchev–Trinajstić information content (AvgIpc) is 3.09. The Kier molecular flexibility index (Phi) is 6.14. The molecule has 0 spiro atoms. The van der Waals surface area contributed by atoms with Crippen LogP contribution < -0.4 is 5.32 Å². The third kappa shape index (κ3) is 4.95. The highest BCUT2D eigenvalue weighted by atomic mass is 79.9. The highest BCUT2D eigenvalue weighted by molar-refractivity contribution is 9.10. The van der Waals surface area contributed by atoms with Gasteiger partial charge >= 0.3 is 5.97 Å². The van der Waals surface area contributed by atoms with E-state index in [2.05, 4.69) is 26.2 Å². The number of esters is 1. The van der Waals surface area contributed by atoms with E-state index in [1.807, 2.05) is 6.07 Å². The highest BCUT2D eigenvalue weighted by Crippen LogP contribution is 2.20. The van der Waals surface area contributed by atoms with Crippen molar-refractivity contribution in [1.29, 1.82) is 0 Å². The van der Waals surface area contributed by atoms with E-state index in [9.17, 15) is 14.4 Å². The van der Waals surface area contributed by atoms with Crippen molar-refractivity contribution in [3.05, 3.63) is 52.8 Å². The van der Waals surface area contributed by atoms with E-state index >= 15 is 0 Å². The van der Waals surface area contributed by atoms with E-state index in [0.717, 1.165) is 4.47 Å². The molecule has 126 valence electrons. The van der Waals surface area contributed by atoms with Crippen molar-refractivity contribution in [3.63, 3.8) is 0 Å². The number of aromatic nitrogens is 1. The summed E-state index contributed by atoms with van der Waals surface area (Å²) in [5.41, 5.74) is 0.874. The zero-order valence-corrected chi connectivity index (χ0v) is 14.5.